The van der Waals surface area contributed by atoms with Crippen LogP contribution in [0.5, 0.6) is 0 Å². The summed E-state index contributed by atoms with van der Waals surface area (Å²) in [5.74, 6) is -1.16. The van der Waals surface area contributed by atoms with Gasteiger partial charge in [0.25, 0.3) is 0 Å². The fourth-order valence-electron chi connectivity index (χ4n) is 2.86. The molecule has 0 saturated heterocycles. The molecule has 0 heterocycles. The second kappa shape index (κ2) is 6.39. The van der Waals surface area contributed by atoms with E-state index < -0.39 is 5.97 Å². The van der Waals surface area contributed by atoms with E-state index in [0.29, 0.717) is 29.0 Å². The summed E-state index contributed by atoms with van der Waals surface area (Å²) in [5, 5.41) is 9.85. The summed E-state index contributed by atoms with van der Waals surface area (Å²) < 4.78 is 0. The molecule has 0 saturated carbocycles. The molecule has 0 amide bonds. The summed E-state index contributed by atoms with van der Waals surface area (Å²) >= 11 is 5.88. The van der Waals surface area contributed by atoms with Gasteiger partial charge in [0.05, 0.1) is 0 Å². The fourth-order valence-corrected chi connectivity index (χ4v) is 2.99. The minimum atomic E-state index is -0.983. The van der Waals surface area contributed by atoms with E-state index >= 15 is 0 Å². The van der Waals surface area contributed by atoms with Crippen LogP contribution in [0.4, 0.5) is 0 Å². The molecular weight excluding hydrogens is 312 g/mol. The predicted octanol–water partition coefficient (Wildman–Crippen LogP) is 4.75. The molecule has 3 rings (SSSR count). The standard InChI is InChI=1S/C19H15ClO3/c20-15-10-8-13(9-11-15)12-4-6-14(7-5-12)18(21)16-2-1-3-17(16)19(22)23/h4-11H,1-3H2,(H,22,23). The van der Waals surface area contributed by atoms with Crippen molar-refractivity contribution < 1.29 is 14.7 Å². The topological polar surface area (TPSA) is 54.4 Å². The largest absolute Gasteiger partial charge is 0.478 e. The normalized spacial score (nSPS) is 14.1. The van der Waals surface area contributed by atoms with Crippen LogP contribution < -0.4 is 0 Å². The summed E-state index contributed by atoms with van der Waals surface area (Å²) in [6, 6.07) is 14.7. The molecule has 3 nitrogen and oxygen atoms in total. The quantitative estimate of drug-likeness (QED) is 0.824. The van der Waals surface area contributed by atoms with Gasteiger partial charge in [0.1, 0.15) is 0 Å². The molecule has 0 radical (unpaired) electrons. The van der Waals surface area contributed by atoms with Gasteiger partial charge in [0, 0.05) is 21.7 Å². The third-order valence-corrected chi connectivity index (χ3v) is 4.33. The minimum Gasteiger partial charge on any atom is -0.478 e. The van der Waals surface area contributed by atoms with E-state index in [-0.39, 0.29) is 11.4 Å². The van der Waals surface area contributed by atoms with Crippen LogP contribution in [0.15, 0.2) is 59.7 Å². The van der Waals surface area contributed by atoms with Gasteiger partial charge in [-0.05, 0) is 42.5 Å². The summed E-state index contributed by atoms with van der Waals surface area (Å²) in [6.07, 6.45) is 1.74. The molecule has 4 heteroatoms. The molecule has 23 heavy (non-hydrogen) atoms. The molecule has 0 aromatic heterocycles. The summed E-state index contributed by atoms with van der Waals surface area (Å²) in [7, 11) is 0. The lowest BCUT2D eigenvalue weighted by Crippen LogP contribution is -2.08. The van der Waals surface area contributed by atoms with Gasteiger partial charge in [-0.1, -0.05) is 48.0 Å². The van der Waals surface area contributed by atoms with Crippen molar-refractivity contribution in [1.29, 1.82) is 0 Å². The van der Waals surface area contributed by atoms with Crippen molar-refractivity contribution in [3.05, 3.63) is 70.3 Å². The number of halogens is 1. The van der Waals surface area contributed by atoms with Crippen molar-refractivity contribution in [2.45, 2.75) is 19.3 Å². The van der Waals surface area contributed by atoms with Gasteiger partial charge in [-0.3, -0.25) is 4.79 Å². The molecule has 0 unspecified atom stereocenters. The lowest BCUT2D eigenvalue weighted by atomic mass is 9.97. The first-order chi connectivity index (χ1) is 11.1. The lowest BCUT2D eigenvalue weighted by molar-refractivity contribution is -0.132. The molecule has 0 bridgehead atoms. The van der Waals surface area contributed by atoms with Crippen molar-refractivity contribution in [1.82, 2.24) is 0 Å². The molecule has 1 N–H and O–H groups in total. The van der Waals surface area contributed by atoms with Gasteiger partial charge in [0.15, 0.2) is 5.78 Å². The van der Waals surface area contributed by atoms with Crippen molar-refractivity contribution >= 4 is 23.4 Å². The number of carbonyl (C=O) groups excluding carboxylic acids is 1. The van der Waals surface area contributed by atoms with E-state index in [1.807, 2.05) is 36.4 Å². The highest BCUT2D eigenvalue weighted by Crippen LogP contribution is 2.30. The Labute approximate surface area is 139 Å². The number of benzene rings is 2. The van der Waals surface area contributed by atoms with Crippen molar-refractivity contribution in [3.63, 3.8) is 0 Å². The summed E-state index contributed by atoms with van der Waals surface area (Å²) in [6.45, 7) is 0. The minimum absolute atomic E-state index is 0.178. The number of carbonyl (C=O) groups is 2. The van der Waals surface area contributed by atoms with Crippen LogP contribution in [0, 0.1) is 0 Å². The highest BCUT2D eigenvalue weighted by molar-refractivity contribution is 6.30. The van der Waals surface area contributed by atoms with Crippen molar-refractivity contribution in [3.8, 4) is 11.1 Å². The Hall–Kier alpha value is -2.39. The molecule has 1 aliphatic carbocycles. The van der Waals surface area contributed by atoms with Crippen LogP contribution in [-0.4, -0.2) is 16.9 Å². The van der Waals surface area contributed by atoms with Gasteiger partial charge >= 0.3 is 5.97 Å². The fraction of sp³-hybridized carbons (Fsp3) is 0.158. The van der Waals surface area contributed by atoms with Gasteiger partial charge in [-0.15, -0.1) is 0 Å². The van der Waals surface area contributed by atoms with E-state index in [2.05, 4.69) is 0 Å². The smallest absolute Gasteiger partial charge is 0.331 e. The number of carboxylic acids is 1. The number of allylic oxidation sites excluding steroid dienone is 1. The van der Waals surface area contributed by atoms with Crippen LogP contribution in [0.3, 0.4) is 0 Å². The van der Waals surface area contributed by atoms with Crippen LogP contribution in [0.2, 0.25) is 5.02 Å². The molecule has 0 spiro atoms. The molecular formula is C19H15ClO3. The molecule has 2 aromatic rings. The number of rotatable bonds is 4. The van der Waals surface area contributed by atoms with E-state index in [4.69, 9.17) is 11.6 Å². The average molecular weight is 327 g/mol. The first-order valence-electron chi connectivity index (χ1n) is 7.42. The highest BCUT2D eigenvalue weighted by atomic mass is 35.5. The Morgan fingerprint density at radius 1 is 0.826 bits per heavy atom. The molecule has 0 fully saturated rings. The van der Waals surface area contributed by atoms with E-state index in [0.717, 1.165) is 17.5 Å². The summed E-state index contributed by atoms with van der Waals surface area (Å²) in [5.41, 5.74) is 3.23. The zero-order valence-corrected chi connectivity index (χ0v) is 13.1. The number of hydrogen-bond acceptors (Lipinski definition) is 2. The molecule has 2 aromatic carbocycles. The second-order valence-corrected chi connectivity index (χ2v) is 5.97. The Kier molecular flexibility index (Phi) is 4.30. The highest BCUT2D eigenvalue weighted by Gasteiger charge is 2.25. The van der Waals surface area contributed by atoms with Gasteiger partial charge in [-0.2, -0.15) is 0 Å². The van der Waals surface area contributed by atoms with Crippen LogP contribution >= 0.6 is 11.6 Å². The van der Waals surface area contributed by atoms with Crippen molar-refractivity contribution in [2.24, 2.45) is 0 Å². The first kappa shape index (κ1) is 15.5. The van der Waals surface area contributed by atoms with Gasteiger partial charge < -0.3 is 5.11 Å². The van der Waals surface area contributed by atoms with Gasteiger partial charge in [-0.25, -0.2) is 4.79 Å². The number of hydrogen-bond donors (Lipinski definition) is 1. The maximum absolute atomic E-state index is 12.5. The molecule has 0 atom stereocenters. The maximum Gasteiger partial charge on any atom is 0.331 e. The number of Topliss-reactive ketones (excluding diaryl/α,β-unsaturated/α-hetero) is 1. The van der Waals surface area contributed by atoms with E-state index in [1.165, 1.54) is 0 Å². The Bertz CT molecular complexity index is 786. The number of ketones is 1. The Balaban J connectivity index is 1.87. The van der Waals surface area contributed by atoms with Gasteiger partial charge in [0.2, 0.25) is 0 Å². The van der Waals surface area contributed by atoms with E-state index in [9.17, 15) is 14.7 Å². The van der Waals surface area contributed by atoms with Crippen LogP contribution in [-0.2, 0) is 4.79 Å². The average Bonchev–Trinajstić information content (AvgIpc) is 3.05. The summed E-state index contributed by atoms with van der Waals surface area (Å²) in [4.78, 5) is 23.7. The monoisotopic (exact) mass is 326 g/mol. The predicted molar refractivity (Wildman–Crippen MR) is 89.7 cm³/mol. The maximum atomic E-state index is 12.5. The van der Waals surface area contributed by atoms with E-state index in [1.54, 1.807) is 12.1 Å². The SMILES string of the molecule is O=C(O)C1=C(C(=O)c2ccc(-c3ccc(Cl)cc3)cc2)CCC1. The Morgan fingerprint density at radius 2 is 1.35 bits per heavy atom. The zero-order valence-electron chi connectivity index (χ0n) is 12.4. The first-order valence-corrected chi connectivity index (χ1v) is 7.80. The molecule has 1 aliphatic rings. The third kappa shape index (κ3) is 3.20. The van der Waals surface area contributed by atoms with Crippen LogP contribution in [0.25, 0.3) is 11.1 Å². The van der Waals surface area contributed by atoms with Crippen LogP contribution in [0.1, 0.15) is 29.6 Å². The zero-order chi connectivity index (χ0) is 16.4. The number of carboxylic acid groups (broad SMARTS) is 1. The third-order valence-electron chi connectivity index (χ3n) is 4.07. The molecule has 0 aliphatic heterocycles. The second-order valence-electron chi connectivity index (χ2n) is 5.53. The number of aliphatic carboxylic acids is 1. The Morgan fingerprint density at radius 3 is 1.91 bits per heavy atom. The molecule has 116 valence electrons. The van der Waals surface area contributed by atoms with Crippen molar-refractivity contribution in [2.75, 3.05) is 0 Å². The lowest BCUT2D eigenvalue weighted by Gasteiger charge is -2.06.